The van der Waals surface area contributed by atoms with Crippen LogP contribution in [0.3, 0.4) is 0 Å². The Morgan fingerprint density at radius 2 is 1.88 bits per heavy atom. The van der Waals surface area contributed by atoms with Crippen molar-refractivity contribution in [1.29, 1.82) is 0 Å². The number of ether oxygens (including phenoxy) is 1. The molecule has 0 saturated carbocycles. The number of hydrogen-bond donors (Lipinski definition) is 1. The Balaban J connectivity index is 2.18. The van der Waals surface area contributed by atoms with E-state index < -0.39 is 5.97 Å². The summed E-state index contributed by atoms with van der Waals surface area (Å²) in [5.41, 5.74) is 1.07. The first kappa shape index (κ1) is 13.2. The van der Waals surface area contributed by atoms with Gasteiger partial charge >= 0.3 is 5.97 Å². The Morgan fingerprint density at radius 1 is 1.24 bits per heavy atom. The Morgan fingerprint density at radius 3 is 2.47 bits per heavy atom. The maximum atomic E-state index is 11.0. The number of Topliss-reactive ketones (excluding diaryl/α,β-unsaturated/α-hetero) is 1. The second-order valence-electron chi connectivity index (χ2n) is 3.87. The largest absolute Gasteiger partial charge is 0.508 e. The molecule has 0 bridgehead atoms. The topological polar surface area (TPSA) is 63.6 Å². The van der Waals surface area contributed by atoms with Gasteiger partial charge in [-0.25, -0.2) is 0 Å². The normalized spacial score (nSPS) is 9.94. The third kappa shape index (κ3) is 5.70. The standard InChI is InChI=1S/C13H16O4/c1-10(14)9-13(16)17-8-2-3-11-4-6-12(15)7-5-11/h4-7,15H,2-3,8-9H2,1H3. The number of aryl methyl sites for hydroxylation is 1. The third-order valence-corrected chi connectivity index (χ3v) is 2.20. The molecule has 0 unspecified atom stereocenters. The summed E-state index contributed by atoms with van der Waals surface area (Å²) in [5, 5.41) is 9.08. The molecule has 0 aliphatic rings. The molecular weight excluding hydrogens is 220 g/mol. The number of phenols is 1. The highest BCUT2D eigenvalue weighted by atomic mass is 16.5. The van der Waals surface area contributed by atoms with Gasteiger partial charge in [0.25, 0.3) is 0 Å². The van der Waals surface area contributed by atoms with Gasteiger partial charge in [-0.3, -0.25) is 9.59 Å². The van der Waals surface area contributed by atoms with Crippen LogP contribution in [0.15, 0.2) is 24.3 Å². The molecule has 1 aromatic rings. The summed E-state index contributed by atoms with van der Waals surface area (Å²) in [4.78, 5) is 21.6. The van der Waals surface area contributed by atoms with Crippen molar-refractivity contribution in [3.8, 4) is 5.75 Å². The first-order chi connectivity index (χ1) is 8.08. The summed E-state index contributed by atoms with van der Waals surface area (Å²) in [6.45, 7) is 1.67. The minimum absolute atomic E-state index is 0.154. The lowest BCUT2D eigenvalue weighted by Gasteiger charge is -2.04. The highest BCUT2D eigenvalue weighted by Crippen LogP contribution is 2.11. The maximum absolute atomic E-state index is 11.0. The number of carbonyl (C=O) groups excluding carboxylic acids is 2. The highest BCUT2D eigenvalue weighted by molar-refractivity contribution is 5.94. The lowest BCUT2D eigenvalue weighted by Crippen LogP contribution is -2.10. The number of ketones is 1. The van der Waals surface area contributed by atoms with E-state index in [2.05, 4.69) is 0 Å². The summed E-state index contributed by atoms with van der Waals surface area (Å²) >= 11 is 0. The zero-order chi connectivity index (χ0) is 12.7. The van der Waals surface area contributed by atoms with Crippen molar-refractivity contribution in [2.45, 2.75) is 26.2 Å². The number of hydrogen-bond acceptors (Lipinski definition) is 4. The second kappa shape index (κ2) is 6.68. The summed E-state index contributed by atoms with van der Waals surface area (Å²) in [7, 11) is 0. The van der Waals surface area contributed by atoms with E-state index in [4.69, 9.17) is 9.84 Å². The molecule has 0 aliphatic heterocycles. The van der Waals surface area contributed by atoms with Gasteiger partial charge in [-0.15, -0.1) is 0 Å². The molecule has 0 radical (unpaired) electrons. The van der Waals surface area contributed by atoms with Crippen molar-refractivity contribution in [2.75, 3.05) is 6.61 Å². The zero-order valence-corrected chi connectivity index (χ0v) is 9.81. The van der Waals surface area contributed by atoms with Gasteiger partial charge in [0.05, 0.1) is 6.61 Å². The van der Waals surface area contributed by atoms with E-state index in [0.717, 1.165) is 12.0 Å². The van der Waals surface area contributed by atoms with E-state index in [1.807, 2.05) is 12.1 Å². The first-order valence-electron chi connectivity index (χ1n) is 5.51. The number of carbonyl (C=O) groups is 2. The maximum Gasteiger partial charge on any atom is 0.313 e. The number of rotatable bonds is 6. The molecule has 1 aromatic carbocycles. The van der Waals surface area contributed by atoms with Gasteiger partial charge in [0.1, 0.15) is 18.0 Å². The minimum Gasteiger partial charge on any atom is -0.508 e. The van der Waals surface area contributed by atoms with Crippen LogP contribution in [0.25, 0.3) is 0 Å². The summed E-state index contributed by atoms with van der Waals surface area (Å²) in [5.74, 6) is -0.418. The molecular formula is C13H16O4. The van der Waals surface area contributed by atoms with Crippen LogP contribution in [-0.4, -0.2) is 23.5 Å². The molecule has 0 saturated heterocycles. The lowest BCUT2D eigenvalue weighted by molar-refractivity contribution is -0.145. The summed E-state index contributed by atoms with van der Waals surface area (Å²) in [6.07, 6.45) is 1.32. The van der Waals surface area contributed by atoms with Crippen molar-refractivity contribution in [1.82, 2.24) is 0 Å². The van der Waals surface area contributed by atoms with Gasteiger partial charge in [-0.05, 0) is 37.5 Å². The van der Waals surface area contributed by atoms with Gasteiger partial charge in [0.2, 0.25) is 0 Å². The van der Waals surface area contributed by atoms with Gasteiger partial charge in [0.15, 0.2) is 0 Å². The van der Waals surface area contributed by atoms with E-state index in [1.165, 1.54) is 6.92 Å². The fourth-order valence-corrected chi connectivity index (χ4v) is 1.38. The predicted octanol–water partition coefficient (Wildman–Crippen LogP) is 1.85. The number of esters is 1. The Labute approximate surface area is 100 Å². The fourth-order valence-electron chi connectivity index (χ4n) is 1.38. The smallest absolute Gasteiger partial charge is 0.313 e. The Hall–Kier alpha value is -1.84. The summed E-state index contributed by atoms with van der Waals surface area (Å²) in [6, 6.07) is 6.90. The molecule has 0 spiro atoms. The number of phenolic OH excluding ortho intramolecular Hbond substituents is 1. The van der Waals surface area contributed by atoms with Gasteiger partial charge in [0, 0.05) is 0 Å². The van der Waals surface area contributed by atoms with Crippen molar-refractivity contribution < 1.29 is 19.4 Å². The zero-order valence-electron chi connectivity index (χ0n) is 9.81. The average molecular weight is 236 g/mol. The van der Waals surface area contributed by atoms with Crippen molar-refractivity contribution in [2.24, 2.45) is 0 Å². The van der Waals surface area contributed by atoms with E-state index in [1.54, 1.807) is 12.1 Å². The molecule has 4 heteroatoms. The number of benzene rings is 1. The van der Waals surface area contributed by atoms with Crippen LogP contribution < -0.4 is 0 Å². The van der Waals surface area contributed by atoms with Crippen LogP contribution in [0.5, 0.6) is 5.75 Å². The quantitative estimate of drug-likeness (QED) is 0.465. The molecule has 4 nitrogen and oxygen atoms in total. The molecule has 1 rings (SSSR count). The average Bonchev–Trinajstić information content (AvgIpc) is 2.26. The Bertz CT molecular complexity index is 381. The highest BCUT2D eigenvalue weighted by Gasteiger charge is 2.05. The van der Waals surface area contributed by atoms with Gasteiger partial charge in [-0.1, -0.05) is 12.1 Å². The van der Waals surface area contributed by atoms with Gasteiger partial charge in [-0.2, -0.15) is 0 Å². The lowest BCUT2D eigenvalue weighted by atomic mass is 10.1. The molecule has 1 N–H and O–H groups in total. The van der Waals surface area contributed by atoms with E-state index in [0.29, 0.717) is 13.0 Å². The van der Waals surface area contributed by atoms with Crippen molar-refractivity contribution in [3.05, 3.63) is 29.8 Å². The van der Waals surface area contributed by atoms with Crippen LogP contribution >= 0.6 is 0 Å². The van der Waals surface area contributed by atoms with Crippen LogP contribution in [0, 0.1) is 0 Å². The van der Waals surface area contributed by atoms with Crippen LogP contribution in [0.1, 0.15) is 25.3 Å². The van der Waals surface area contributed by atoms with Crippen LogP contribution in [0.2, 0.25) is 0 Å². The molecule has 17 heavy (non-hydrogen) atoms. The van der Waals surface area contributed by atoms with E-state index >= 15 is 0 Å². The van der Waals surface area contributed by atoms with Crippen molar-refractivity contribution in [3.63, 3.8) is 0 Å². The minimum atomic E-state index is -0.469. The molecule has 0 aromatic heterocycles. The number of aromatic hydroxyl groups is 1. The van der Waals surface area contributed by atoms with Crippen molar-refractivity contribution >= 4 is 11.8 Å². The Kier molecular flexibility index (Phi) is 5.20. The molecule has 0 amide bonds. The molecule has 0 aliphatic carbocycles. The summed E-state index contributed by atoms with van der Waals surface area (Å²) < 4.78 is 4.89. The van der Waals surface area contributed by atoms with Crippen LogP contribution in [0.4, 0.5) is 0 Å². The monoisotopic (exact) mass is 236 g/mol. The molecule has 0 heterocycles. The molecule has 0 fully saturated rings. The van der Waals surface area contributed by atoms with E-state index in [9.17, 15) is 9.59 Å². The first-order valence-corrected chi connectivity index (χ1v) is 5.51. The van der Waals surface area contributed by atoms with Gasteiger partial charge < -0.3 is 9.84 Å². The predicted molar refractivity (Wildman–Crippen MR) is 62.7 cm³/mol. The molecule has 92 valence electrons. The molecule has 0 atom stereocenters. The third-order valence-electron chi connectivity index (χ3n) is 2.20. The van der Waals surface area contributed by atoms with Crippen LogP contribution in [-0.2, 0) is 20.7 Å². The second-order valence-corrected chi connectivity index (χ2v) is 3.87. The SMILES string of the molecule is CC(=O)CC(=O)OCCCc1ccc(O)cc1. The fraction of sp³-hybridized carbons (Fsp3) is 0.385. The van der Waals surface area contributed by atoms with E-state index in [-0.39, 0.29) is 18.0 Å².